The number of amides is 1. The van der Waals surface area contributed by atoms with E-state index >= 15 is 0 Å². The standard InChI is InChI=1S/C25H24N4O/c30-25(29-17-13-18-6-1-3-8-21(18)29)19-11-15-27(16-12-19)24-23-10-5-14-28(23)22-9-4-2-7-20(22)26-24/h1-10,14,19H,11-13,15-17H2. The average molecular weight is 396 g/mol. The molecule has 0 atom stereocenters. The Morgan fingerprint density at radius 1 is 0.867 bits per heavy atom. The summed E-state index contributed by atoms with van der Waals surface area (Å²) in [6.07, 6.45) is 4.82. The van der Waals surface area contributed by atoms with Crippen LogP contribution in [0.2, 0.25) is 0 Å². The minimum absolute atomic E-state index is 0.0932. The van der Waals surface area contributed by atoms with Gasteiger partial charge in [-0.15, -0.1) is 0 Å². The Balaban J connectivity index is 1.24. The van der Waals surface area contributed by atoms with E-state index in [9.17, 15) is 4.79 Å². The van der Waals surface area contributed by atoms with Gasteiger partial charge in [0, 0.05) is 37.4 Å². The van der Waals surface area contributed by atoms with Crippen LogP contribution in [-0.2, 0) is 11.2 Å². The number of hydrogen-bond acceptors (Lipinski definition) is 3. The van der Waals surface area contributed by atoms with Gasteiger partial charge in [0.2, 0.25) is 5.91 Å². The zero-order valence-corrected chi connectivity index (χ0v) is 16.9. The quantitative estimate of drug-likeness (QED) is 0.507. The number of piperidine rings is 1. The highest BCUT2D eigenvalue weighted by molar-refractivity contribution is 5.97. The van der Waals surface area contributed by atoms with Gasteiger partial charge in [-0.25, -0.2) is 4.98 Å². The summed E-state index contributed by atoms with van der Waals surface area (Å²) in [4.78, 5) is 22.6. The molecule has 1 amide bonds. The van der Waals surface area contributed by atoms with Crippen molar-refractivity contribution in [3.63, 3.8) is 0 Å². The number of carbonyl (C=O) groups is 1. The first-order valence-corrected chi connectivity index (χ1v) is 10.8. The monoisotopic (exact) mass is 396 g/mol. The Hall–Kier alpha value is -3.34. The van der Waals surface area contributed by atoms with Gasteiger partial charge in [-0.2, -0.15) is 0 Å². The minimum atomic E-state index is 0.0932. The minimum Gasteiger partial charge on any atom is -0.355 e. The van der Waals surface area contributed by atoms with Crippen LogP contribution >= 0.6 is 0 Å². The molecule has 5 nitrogen and oxygen atoms in total. The number of rotatable bonds is 2. The van der Waals surface area contributed by atoms with Crippen LogP contribution in [0.1, 0.15) is 18.4 Å². The molecule has 2 aliphatic rings. The second-order valence-electron chi connectivity index (χ2n) is 8.32. The Morgan fingerprint density at radius 2 is 1.63 bits per heavy atom. The van der Waals surface area contributed by atoms with E-state index < -0.39 is 0 Å². The molecule has 0 aliphatic carbocycles. The summed E-state index contributed by atoms with van der Waals surface area (Å²) in [5.74, 6) is 1.41. The molecule has 150 valence electrons. The van der Waals surface area contributed by atoms with E-state index in [4.69, 9.17) is 4.98 Å². The van der Waals surface area contributed by atoms with Crippen LogP contribution in [-0.4, -0.2) is 34.9 Å². The molecule has 0 bridgehead atoms. The van der Waals surface area contributed by atoms with Gasteiger partial charge in [-0.1, -0.05) is 30.3 Å². The van der Waals surface area contributed by atoms with Gasteiger partial charge >= 0.3 is 0 Å². The van der Waals surface area contributed by atoms with Crippen LogP contribution < -0.4 is 9.80 Å². The summed E-state index contributed by atoms with van der Waals surface area (Å²) < 4.78 is 2.22. The van der Waals surface area contributed by atoms with Gasteiger partial charge in [0.05, 0.1) is 16.6 Å². The molecular weight excluding hydrogens is 372 g/mol. The van der Waals surface area contributed by atoms with E-state index in [0.717, 1.165) is 67.0 Å². The molecule has 2 aromatic carbocycles. The van der Waals surface area contributed by atoms with Crippen molar-refractivity contribution in [3.05, 3.63) is 72.4 Å². The van der Waals surface area contributed by atoms with Crippen molar-refractivity contribution in [2.45, 2.75) is 19.3 Å². The number of hydrogen-bond donors (Lipinski definition) is 0. The number of benzene rings is 2. The summed E-state index contributed by atoms with van der Waals surface area (Å²) in [7, 11) is 0. The number of anilines is 2. The van der Waals surface area contributed by atoms with Gasteiger partial charge < -0.3 is 14.2 Å². The lowest BCUT2D eigenvalue weighted by atomic mass is 9.95. The van der Waals surface area contributed by atoms with Gasteiger partial charge in [-0.3, -0.25) is 4.79 Å². The Labute approximate surface area is 175 Å². The predicted molar refractivity (Wildman–Crippen MR) is 120 cm³/mol. The third-order valence-electron chi connectivity index (χ3n) is 6.64. The molecule has 1 fully saturated rings. The zero-order valence-electron chi connectivity index (χ0n) is 16.9. The molecule has 4 heterocycles. The first-order chi connectivity index (χ1) is 14.8. The number of nitrogens with zero attached hydrogens (tertiary/aromatic N) is 4. The fraction of sp³-hybridized carbons (Fsp3) is 0.280. The first kappa shape index (κ1) is 17.5. The number of para-hydroxylation sites is 3. The van der Waals surface area contributed by atoms with Crippen LogP contribution in [0, 0.1) is 5.92 Å². The second-order valence-corrected chi connectivity index (χ2v) is 8.32. The van der Waals surface area contributed by atoms with Crippen molar-refractivity contribution >= 4 is 34.0 Å². The van der Waals surface area contributed by atoms with Crippen molar-refractivity contribution in [2.75, 3.05) is 29.4 Å². The number of fused-ring (bicyclic) bond motifs is 4. The van der Waals surface area contributed by atoms with Crippen LogP contribution in [0.15, 0.2) is 66.9 Å². The van der Waals surface area contributed by atoms with E-state index in [2.05, 4.69) is 64.0 Å². The molecule has 1 saturated heterocycles. The molecule has 0 spiro atoms. The molecular formula is C25H24N4O. The third kappa shape index (κ3) is 2.69. The first-order valence-electron chi connectivity index (χ1n) is 10.8. The lowest BCUT2D eigenvalue weighted by Gasteiger charge is -2.34. The van der Waals surface area contributed by atoms with E-state index in [1.165, 1.54) is 5.56 Å². The molecule has 0 radical (unpaired) electrons. The molecule has 0 unspecified atom stereocenters. The van der Waals surface area contributed by atoms with E-state index in [1.54, 1.807) is 0 Å². The van der Waals surface area contributed by atoms with E-state index in [1.807, 2.05) is 17.0 Å². The maximum absolute atomic E-state index is 13.2. The molecule has 4 aromatic rings. The number of aromatic nitrogens is 2. The van der Waals surface area contributed by atoms with Crippen molar-refractivity contribution in [1.29, 1.82) is 0 Å². The zero-order chi connectivity index (χ0) is 20.1. The SMILES string of the molecule is O=C(C1CCN(c2nc3ccccc3n3cccc23)CC1)N1CCc2ccccc21. The topological polar surface area (TPSA) is 40.9 Å². The van der Waals surface area contributed by atoms with Crippen LogP contribution in [0.3, 0.4) is 0 Å². The molecule has 6 rings (SSSR count). The Morgan fingerprint density at radius 3 is 2.53 bits per heavy atom. The number of carbonyl (C=O) groups excluding carboxylic acids is 1. The largest absolute Gasteiger partial charge is 0.355 e. The molecule has 2 aliphatic heterocycles. The van der Waals surface area contributed by atoms with Crippen molar-refractivity contribution in [1.82, 2.24) is 9.38 Å². The normalized spacial score (nSPS) is 17.1. The highest BCUT2D eigenvalue weighted by Crippen LogP contribution is 2.33. The summed E-state index contributed by atoms with van der Waals surface area (Å²) in [5.41, 5.74) is 5.66. The Bertz CT molecular complexity index is 1250. The van der Waals surface area contributed by atoms with Gasteiger partial charge in [0.1, 0.15) is 0 Å². The lowest BCUT2D eigenvalue weighted by Crippen LogP contribution is -2.42. The summed E-state index contributed by atoms with van der Waals surface area (Å²) in [5, 5.41) is 0. The summed E-state index contributed by atoms with van der Waals surface area (Å²) >= 11 is 0. The van der Waals surface area contributed by atoms with Crippen LogP contribution in [0.5, 0.6) is 0 Å². The molecule has 0 saturated carbocycles. The maximum Gasteiger partial charge on any atom is 0.230 e. The molecule has 30 heavy (non-hydrogen) atoms. The average Bonchev–Trinajstić information content (AvgIpc) is 3.46. The van der Waals surface area contributed by atoms with Crippen molar-refractivity contribution in [2.24, 2.45) is 5.92 Å². The molecule has 5 heteroatoms. The smallest absolute Gasteiger partial charge is 0.230 e. The van der Waals surface area contributed by atoms with Gasteiger partial charge in [-0.05, 0) is 55.2 Å². The second kappa shape index (κ2) is 6.87. The maximum atomic E-state index is 13.2. The van der Waals surface area contributed by atoms with Crippen molar-refractivity contribution in [3.8, 4) is 0 Å². The van der Waals surface area contributed by atoms with Gasteiger partial charge in [0.15, 0.2) is 5.82 Å². The highest BCUT2D eigenvalue weighted by atomic mass is 16.2. The predicted octanol–water partition coefficient (Wildman–Crippen LogP) is 4.29. The van der Waals surface area contributed by atoms with E-state index in [0.29, 0.717) is 5.91 Å². The van der Waals surface area contributed by atoms with Crippen molar-refractivity contribution < 1.29 is 4.79 Å². The summed E-state index contributed by atoms with van der Waals surface area (Å²) in [6.45, 7) is 2.53. The Kier molecular flexibility index (Phi) is 4.01. The van der Waals surface area contributed by atoms with Crippen LogP contribution in [0.4, 0.5) is 11.5 Å². The lowest BCUT2D eigenvalue weighted by molar-refractivity contribution is -0.122. The summed E-state index contributed by atoms with van der Waals surface area (Å²) in [6, 6.07) is 20.8. The van der Waals surface area contributed by atoms with E-state index in [-0.39, 0.29) is 5.92 Å². The third-order valence-corrected chi connectivity index (χ3v) is 6.64. The fourth-order valence-electron chi connectivity index (χ4n) is 5.07. The fourth-order valence-corrected chi connectivity index (χ4v) is 5.07. The van der Waals surface area contributed by atoms with Gasteiger partial charge in [0.25, 0.3) is 0 Å². The molecule has 2 aromatic heterocycles. The highest BCUT2D eigenvalue weighted by Gasteiger charge is 2.33. The van der Waals surface area contributed by atoms with Crippen LogP contribution in [0.25, 0.3) is 16.6 Å². The molecule has 0 N–H and O–H groups in total.